The second-order valence-corrected chi connectivity index (χ2v) is 8.45. The van der Waals surface area contributed by atoms with Gasteiger partial charge in [0.15, 0.2) is 5.16 Å². The molecule has 3 aromatic heterocycles. The third-order valence-electron chi connectivity index (χ3n) is 5.48. The van der Waals surface area contributed by atoms with Gasteiger partial charge >= 0.3 is 0 Å². The van der Waals surface area contributed by atoms with Crippen LogP contribution < -0.4 is 5.56 Å². The van der Waals surface area contributed by atoms with E-state index in [9.17, 15) is 9.59 Å². The van der Waals surface area contributed by atoms with Gasteiger partial charge in [0.25, 0.3) is 5.56 Å². The van der Waals surface area contributed by atoms with E-state index >= 15 is 0 Å². The molecule has 0 aliphatic carbocycles. The van der Waals surface area contributed by atoms with Crippen LogP contribution in [0.2, 0.25) is 0 Å². The van der Waals surface area contributed by atoms with Crippen LogP contribution in [0.25, 0.3) is 11.0 Å². The summed E-state index contributed by atoms with van der Waals surface area (Å²) in [6, 6.07) is 5.81. The average molecular weight is 415 g/mol. The van der Waals surface area contributed by atoms with E-state index in [4.69, 9.17) is 4.42 Å². The lowest BCUT2D eigenvalue weighted by Gasteiger charge is -2.35. The zero-order valence-electron chi connectivity index (χ0n) is 16.8. The van der Waals surface area contributed by atoms with Crippen LogP contribution >= 0.6 is 11.8 Å². The normalized spacial score (nSPS) is 17.2. The quantitative estimate of drug-likeness (QED) is 0.492. The van der Waals surface area contributed by atoms with Gasteiger partial charge in [0.2, 0.25) is 5.91 Å². The van der Waals surface area contributed by atoms with Gasteiger partial charge < -0.3 is 14.3 Å². The van der Waals surface area contributed by atoms with Crippen molar-refractivity contribution in [2.24, 2.45) is 0 Å². The number of furan rings is 1. The van der Waals surface area contributed by atoms with Crippen molar-refractivity contribution in [1.82, 2.24) is 19.4 Å². The number of thioether (sulfide) groups is 1. The summed E-state index contributed by atoms with van der Waals surface area (Å²) < 4.78 is 7.02. The SMILES string of the molecule is CC[C@H]1CCCCN1C(=O)CSc1nc2cc(C)[nH]c2c(=O)n1Cc1ccco1. The largest absolute Gasteiger partial charge is 0.467 e. The Bertz CT molecular complexity index is 1050. The van der Waals surface area contributed by atoms with E-state index in [1.165, 1.54) is 18.2 Å². The van der Waals surface area contributed by atoms with Crippen molar-refractivity contribution in [3.63, 3.8) is 0 Å². The highest BCUT2D eigenvalue weighted by Gasteiger charge is 2.26. The van der Waals surface area contributed by atoms with Gasteiger partial charge in [-0.05, 0) is 50.8 Å². The Labute approximate surface area is 173 Å². The minimum Gasteiger partial charge on any atom is -0.467 e. The smallest absolute Gasteiger partial charge is 0.278 e. The summed E-state index contributed by atoms with van der Waals surface area (Å²) in [5, 5.41) is 0.538. The zero-order chi connectivity index (χ0) is 20.4. The summed E-state index contributed by atoms with van der Waals surface area (Å²) in [7, 11) is 0. The topological polar surface area (TPSA) is 84.1 Å². The minimum absolute atomic E-state index is 0.116. The Balaban J connectivity index is 1.61. The lowest BCUT2D eigenvalue weighted by atomic mass is 10.0. The van der Waals surface area contributed by atoms with Crippen molar-refractivity contribution in [3.8, 4) is 0 Å². The molecule has 0 bridgehead atoms. The number of aryl methyl sites for hydroxylation is 1. The Morgan fingerprint density at radius 1 is 1.41 bits per heavy atom. The lowest BCUT2D eigenvalue weighted by Crippen LogP contribution is -2.44. The molecule has 7 nitrogen and oxygen atoms in total. The molecule has 154 valence electrons. The first-order chi connectivity index (χ1) is 14.1. The molecule has 29 heavy (non-hydrogen) atoms. The molecule has 1 aliphatic heterocycles. The van der Waals surface area contributed by atoms with Crippen LogP contribution in [0, 0.1) is 6.92 Å². The van der Waals surface area contributed by atoms with Crippen molar-refractivity contribution >= 4 is 28.7 Å². The molecular weight excluding hydrogens is 388 g/mol. The van der Waals surface area contributed by atoms with Crippen LogP contribution in [0.1, 0.15) is 44.1 Å². The Hall–Kier alpha value is -2.48. The van der Waals surface area contributed by atoms with E-state index in [0.29, 0.717) is 28.0 Å². The fraction of sp³-hybridized carbons (Fsp3) is 0.476. The lowest BCUT2D eigenvalue weighted by molar-refractivity contribution is -0.132. The Morgan fingerprint density at radius 3 is 3.03 bits per heavy atom. The summed E-state index contributed by atoms with van der Waals surface area (Å²) in [6.07, 6.45) is 5.88. The van der Waals surface area contributed by atoms with Crippen molar-refractivity contribution in [2.75, 3.05) is 12.3 Å². The molecule has 0 unspecified atom stereocenters. The molecule has 1 atom stereocenters. The van der Waals surface area contributed by atoms with Gasteiger partial charge in [-0.3, -0.25) is 14.2 Å². The number of fused-ring (bicyclic) bond motifs is 1. The molecule has 1 saturated heterocycles. The van der Waals surface area contributed by atoms with E-state index < -0.39 is 0 Å². The molecule has 3 aromatic rings. The second kappa shape index (κ2) is 8.49. The first-order valence-electron chi connectivity index (χ1n) is 10.1. The van der Waals surface area contributed by atoms with E-state index in [-0.39, 0.29) is 23.8 Å². The molecule has 4 rings (SSSR count). The minimum atomic E-state index is -0.154. The van der Waals surface area contributed by atoms with Gasteiger partial charge in [-0.25, -0.2) is 4.98 Å². The molecule has 1 N–H and O–H groups in total. The Morgan fingerprint density at radius 2 is 2.28 bits per heavy atom. The molecule has 1 aliphatic rings. The summed E-state index contributed by atoms with van der Waals surface area (Å²) in [6.45, 7) is 5.13. The number of aromatic amines is 1. The molecule has 0 spiro atoms. The zero-order valence-corrected chi connectivity index (χ0v) is 17.6. The highest BCUT2D eigenvalue weighted by Crippen LogP contribution is 2.24. The number of H-pyrrole nitrogens is 1. The van der Waals surface area contributed by atoms with Crippen molar-refractivity contribution in [3.05, 3.63) is 46.3 Å². The number of carbonyl (C=O) groups excluding carboxylic acids is 1. The average Bonchev–Trinajstić information content (AvgIpc) is 3.37. The van der Waals surface area contributed by atoms with Crippen LogP contribution in [-0.4, -0.2) is 43.7 Å². The van der Waals surface area contributed by atoms with Gasteiger partial charge in [-0.1, -0.05) is 18.7 Å². The van der Waals surface area contributed by atoms with Gasteiger partial charge in [0.05, 0.1) is 24.1 Å². The number of rotatable bonds is 6. The van der Waals surface area contributed by atoms with Gasteiger partial charge in [-0.15, -0.1) is 0 Å². The number of nitrogens with zero attached hydrogens (tertiary/aromatic N) is 3. The molecule has 0 radical (unpaired) electrons. The number of hydrogen-bond donors (Lipinski definition) is 1. The van der Waals surface area contributed by atoms with E-state index in [1.807, 2.05) is 24.0 Å². The maximum Gasteiger partial charge on any atom is 0.278 e. The van der Waals surface area contributed by atoms with Gasteiger partial charge in [0, 0.05) is 18.3 Å². The third-order valence-corrected chi connectivity index (χ3v) is 6.44. The molecule has 8 heteroatoms. The second-order valence-electron chi connectivity index (χ2n) is 7.51. The van der Waals surface area contributed by atoms with E-state index in [0.717, 1.165) is 31.5 Å². The predicted molar refractivity (Wildman–Crippen MR) is 113 cm³/mol. The number of carbonyl (C=O) groups is 1. The molecule has 0 aromatic carbocycles. The highest BCUT2D eigenvalue weighted by molar-refractivity contribution is 7.99. The predicted octanol–water partition coefficient (Wildman–Crippen LogP) is 3.56. The number of piperidine rings is 1. The van der Waals surface area contributed by atoms with Gasteiger partial charge in [-0.2, -0.15) is 0 Å². The summed E-state index contributed by atoms with van der Waals surface area (Å²) in [4.78, 5) is 35.7. The van der Waals surface area contributed by atoms with Crippen LogP contribution in [-0.2, 0) is 11.3 Å². The standard InChI is InChI=1S/C21H26N4O3S/c1-3-15-7-4-5-9-24(15)18(26)13-29-21-23-17-11-14(2)22-19(17)20(27)25(21)12-16-8-6-10-28-16/h6,8,10-11,15,22H,3-5,7,9,12-13H2,1-2H3/t15-/m0/s1. The maximum atomic E-state index is 13.1. The Kier molecular flexibility index (Phi) is 5.80. The number of hydrogen-bond acceptors (Lipinski definition) is 5. The molecular formula is C21H26N4O3S. The van der Waals surface area contributed by atoms with Crippen molar-refractivity contribution in [1.29, 1.82) is 0 Å². The van der Waals surface area contributed by atoms with Crippen LogP contribution in [0.15, 0.2) is 38.8 Å². The van der Waals surface area contributed by atoms with E-state index in [2.05, 4.69) is 16.9 Å². The monoisotopic (exact) mass is 414 g/mol. The number of aromatic nitrogens is 3. The van der Waals surface area contributed by atoms with E-state index in [1.54, 1.807) is 16.9 Å². The molecule has 4 heterocycles. The summed E-state index contributed by atoms with van der Waals surface area (Å²) >= 11 is 1.33. The number of amides is 1. The number of nitrogens with one attached hydrogen (secondary N) is 1. The molecule has 0 saturated carbocycles. The highest BCUT2D eigenvalue weighted by atomic mass is 32.2. The third kappa shape index (κ3) is 4.12. The maximum absolute atomic E-state index is 13.1. The van der Waals surface area contributed by atoms with Crippen LogP contribution in [0.5, 0.6) is 0 Å². The first kappa shape index (κ1) is 19.8. The summed E-state index contributed by atoms with van der Waals surface area (Å²) in [5.74, 6) is 1.06. The first-order valence-corrected chi connectivity index (χ1v) is 11.1. The van der Waals surface area contributed by atoms with Crippen molar-refractivity contribution in [2.45, 2.75) is 57.3 Å². The van der Waals surface area contributed by atoms with Crippen molar-refractivity contribution < 1.29 is 9.21 Å². The van der Waals surface area contributed by atoms with Gasteiger partial charge in [0.1, 0.15) is 11.3 Å². The number of likely N-dealkylation sites (tertiary alicyclic amines) is 1. The molecule has 1 fully saturated rings. The fourth-order valence-electron chi connectivity index (χ4n) is 3.98. The van der Waals surface area contributed by atoms with Crippen LogP contribution in [0.4, 0.5) is 0 Å². The fourth-order valence-corrected chi connectivity index (χ4v) is 4.87. The molecule has 1 amide bonds. The van der Waals surface area contributed by atoms with Crippen LogP contribution in [0.3, 0.4) is 0 Å². The summed E-state index contributed by atoms with van der Waals surface area (Å²) in [5.41, 5.74) is 1.83.